The number of carbonyl (C=O) groups excluding carboxylic acids is 1. The highest BCUT2D eigenvalue weighted by molar-refractivity contribution is 6.03. The van der Waals surface area contributed by atoms with Crippen molar-refractivity contribution in [3.63, 3.8) is 0 Å². The van der Waals surface area contributed by atoms with Gasteiger partial charge in [0, 0.05) is 18.3 Å². The number of nitrogens with one attached hydrogen (secondary N) is 2. The minimum Gasteiger partial charge on any atom is -0.338 e. The number of imidazole rings is 2. The summed E-state index contributed by atoms with van der Waals surface area (Å²) in [5.41, 5.74) is 5.48. The average Bonchev–Trinajstić information content (AvgIpc) is 3.40. The van der Waals surface area contributed by atoms with Gasteiger partial charge in [0.25, 0.3) is 5.91 Å². The van der Waals surface area contributed by atoms with E-state index >= 15 is 0 Å². The smallest absolute Gasteiger partial charge is 0.273 e. The van der Waals surface area contributed by atoms with Gasteiger partial charge < -0.3 is 14.9 Å². The number of hydrogen-bond donors (Lipinski definition) is 2. The van der Waals surface area contributed by atoms with Gasteiger partial charge in [-0.2, -0.15) is 0 Å². The lowest BCUT2D eigenvalue weighted by atomic mass is 10.0. The van der Waals surface area contributed by atoms with E-state index in [1.165, 1.54) is 18.3 Å². The molecule has 7 heteroatoms. The Balaban J connectivity index is 1.39. The summed E-state index contributed by atoms with van der Waals surface area (Å²) in [5.74, 6) is 0.172. The quantitative estimate of drug-likeness (QED) is 0.436. The van der Waals surface area contributed by atoms with E-state index in [-0.39, 0.29) is 11.7 Å². The molecule has 0 fully saturated rings. The molecule has 0 aliphatic carbocycles. The molecule has 0 atom stereocenters. The van der Waals surface area contributed by atoms with E-state index in [9.17, 15) is 9.18 Å². The molecule has 0 aliphatic rings. The van der Waals surface area contributed by atoms with E-state index in [4.69, 9.17) is 0 Å². The molecule has 3 aromatic carbocycles. The molecule has 2 heterocycles. The Labute approximate surface area is 177 Å². The van der Waals surface area contributed by atoms with Gasteiger partial charge in [0.15, 0.2) is 0 Å². The van der Waals surface area contributed by atoms with Crippen molar-refractivity contribution in [3.8, 4) is 22.5 Å². The molecule has 0 aliphatic heterocycles. The van der Waals surface area contributed by atoms with Gasteiger partial charge in [0.05, 0.1) is 23.6 Å². The largest absolute Gasteiger partial charge is 0.338 e. The Morgan fingerprint density at radius 2 is 1.81 bits per heavy atom. The number of aryl methyl sites for hydroxylation is 1. The van der Waals surface area contributed by atoms with Crippen LogP contribution in [0.15, 0.2) is 79.3 Å². The van der Waals surface area contributed by atoms with E-state index in [0.29, 0.717) is 22.7 Å². The Hall–Kier alpha value is -4.26. The van der Waals surface area contributed by atoms with Gasteiger partial charge in [-0.15, -0.1) is 0 Å². The number of aromatic nitrogens is 4. The predicted octanol–water partition coefficient (Wildman–Crippen LogP) is 5.02. The minimum atomic E-state index is -0.299. The molecule has 0 saturated heterocycles. The summed E-state index contributed by atoms with van der Waals surface area (Å²) in [6.07, 6.45) is 3.12. The second kappa shape index (κ2) is 7.53. The molecule has 0 radical (unpaired) electrons. The van der Waals surface area contributed by atoms with E-state index in [2.05, 4.69) is 20.3 Å². The molecule has 31 heavy (non-hydrogen) atoms. The van der Waals surface area contributed by atoms with Crippen molar-refractivity contribution >= 4 is 22.6 Å². The number of halogens is 1. The highest BCUT2D eigenvalue weighted by Gasteiger charge is 2.11. The third kappa shape index (κ3) is 3.69. The Morgan fingerprint density at radius 1 is 1.00 bits per heavy atom. The molecule has 0 bridgehead atoms. The molecule has 5 rings (SSSR count). The monoisotopic (exact) mass is 411 g/mol. The van der Waals surface area contributed by atoms with Crippen LogP contribution < -0.4 is 5.32 Å². The van der Waals surface area contributed by atoms with Crippen molar-refractivity contribution < 1.29 is 9.18 Å². The molecule has 1 amide bonds. The minimum absolute atomic E-state index is 0.212. The number of benzene rings is 3. The molecular weight excluding hydrogens is 393 g/mol. The first-order valence-corrected chi connectivity index (χ1v) is 9.71. The lowest BCUT2D eigenvalue weighted by Gasteiger charge is -2.08. The number of H-pyrrole nitrogens is 1. The average molecular weight is 411 g/mol. The summed E-state index contributed by atoms with van der Waals surface area (Å²) < 4.78 is 15.1. The molecule has 2 aromatic heterocycles. The van der Waals surface area contributed by atoms with Crippen molar-refractivity contribution in [1.82, 2.24) is 19.5 Å². The van der Waals surface area contributed by atoms with E-state index in [0.717, 1.165) is 22.2 Å². The first-order valence-electron chi connectivity index (χ1n) is 9.71. The van der Waals surface area contributed by atoms with Crippen LogP contribution in [0.4, 0.5) is 10.1 Å². The Bertz CT molecular complexity index is 1400. The summed E-state index contributed by atoms with van der Waals surface area (Å²) >= 11 is 0. The van der Waals surface area contributed by atoms with Crippen LogP contribution in [0.3, 0.4) is 0 Å². The van der Waals surface area contributed by atoms with Gasteiger partial charge in [-0.25, -0.2) is 14.4 Å². The number of anilines is 1. The van der Waals surface area contributed by atoms with Crippen molar-refractivity contribution in [1.29, 1.82) is 0 Å². The van der Waals surface area contributed by atoms with E-state index in [1.54, 1.807) is 24.0 Å². The topological polar surface area (TPSA) is 75.6 Å². The molecule has 0 spiro atoms. The Kier molecular flexibility index (Phi) is 4.55. The molecule has 0 unspecified atom stereocenters. The zero-order valence-electron chi connectivity index (χ0n) is 16.6. The van der Waals surface area contributed by atoms with Gasteiger partial charge in [0.2, 0.25) is 0 Å². The SMILES string of the molecule is Cn1cncc1C(=O)Nc1ccc(-c2cccc(-c3nc4ccc(F)cc4[nH]3)c2)cc1. The third-order valence-electron chi connectivity index (χ3n) is 5.11. The van der Waals surface area contributed by atoms with Crippen LogP contribution in [-0.4, -0.2) is 25.4 Å². The lowest BCUT2D eigenvalue weighted by molar-refractivity contribution is 0.101. The maximum absolute atomic E-state index is 13.5. The molecule has 0 saturated carbocycles. The molecular formula is C24H18FN5O. The lowest BCUT2D eigenvalue weighted by Crippen LogP contribution is -2.15. The van der Waals surface area contributed by atoms with Crippen molar-refractivity contribution in [2.75, 3.05) is 5.32 Å². The summed E-state index contributed by atoms with van der Waals surface area (Å²) in [7, 11) is 1.77. The number of fused-ring (bicyclic) bond motifs is 1. The molecule has 2 N–H and O–H groups in total. The number of hydrogen-bond acceptors (Lipinski definition) is 3. The maximum atomic E-state index is 13.5. The van der Waals surface area contributed by atoms with Crippen LogP contribution in [0, 0.1) is 5.82 Å². The first kappa shape index (κ1) is 18.7. The fourth-order valence-corrected chi connectivity index (χ4v) is 3.48. The summed E-state index contributed by atoms with van der Waals surface area (Å²) in [4.78, 5) is 24.0. The first-order chi connectivity index (χ1) is 15.1. The zero-order chi connectivity index (χ0) is 21.4. The van der Waals surface area contributed by atoms with Gasteiger partial charge in [-0.3, -0.25) is 4.79 Å². The fraction of sp³-hybridized carbons (Fsp3) is 0.0417. The summed E-state index contributed by atoms with van der Waals surface area (Å²) in [5, 5.41) is 2.88. The predicted molar refractivity (Wildman–Crippen MR) is 118 cm³/mol. The van der Waals surface area contributed by atoms with Crippen molar-refractivity contribution in [3.05, 3.63) is 90.8 Å². The standard InChI is InChI=1S/C24H18FN5O/c1-30-14-26-13-22(30)24(31)27-19-8-5-15(6-9-19)16-3-2-4-17(11-16)23-28-20-10-7-18(25)12-21(20)29-23/h2-14H,1H3,(H,27,31)(H,28,29). The van der Waals surface area contributed by atoms with Gasteiger partial charge in [0.1, 0.15) is 17.3 Å². The second-order valence-corrected chi connectivity index (χ2v) is 7.25. The highest BCUT2D eigenvalue weighted by Crippen LogP contribution is 2.27. The number of rotatable bonds is 4. The van der Waals surface area contributed by atoms with Crippen LogP contribution in [-0.2, 0) is 7.05 Å². The Morgan fingerprint density at radius 3 is 2.58 bits per heavy atom. The highest BCUT2D eigenvalue weighted by atomic mass is 19.1. The zero-order valence-corrected chi connectivity index (χ0v) is 16.6. The van der Waals surface area contributed by atoms with Crippen molar-refractivity contribution in [2.24, 2.45) is 7.05 Å². The van der Waals surface area contributed by atoms with Crippen LogP contribution in [0.1, 0.15) is 10.5 Å². The van der Waals surface area contributed by atoms with E-state index < -0.39 is 0 Å². The summed E-state index contributed by atoms with van der Waals surface area (Å²) in [6.45, 7) is 0. The molecule has 6 nitrogen and oxygen atoms in total. The fourth-order valence-electron chi connectivity index (χ4n) is 3.48. The van der Waals surface area contributed by atoms with Crippen LogP contribution in [0.5, 0.6) is 0 Å². The van der Waals surface area contributed by atoms with E-state index in [1.807, 2.05) is 48.5 Å². The van der Waals surface area contributed by atoms with Crippen LogP contribution in [0.25, 0.3) is 33.5 Å². The maximum Gasteiger partial charge on any atom is 0.273 e. The number of carbonyl (C=O) groups is 1. The number of nitrogens with zero attached hydrogens (tertiary/aromatic N) is 3. The van der Waals surface area contributed by atoms with Gasteiger partial charge in [-0.05, 0) is 47.5 Å². The van der Waals surface area contributed by atoms with Gasteiger partial charge in [-0.1, -0.05) is 30.3 Å². The molecule has 152 valence electrons. The normalized spacial score (nSPS) is 11.0. The number of aromatic amines is 1. The van der Waals surface area contributed by atoms with Crippen LogP contribution >= 0.6 is 0 Å². The van der Waals surface area contributed by atoms with Gasteiger partial charge >= 0.3 is 0 Å². The van der Waals surface area contributed by atoms with Crippen LogP contribution in [0.2, 0.25) is 0 Å². The second-order valence-electron chi connectivity index (χ2n) is 7.25. The van der Waals surface area contributed by atoms with Crippen molar-refractivity contribution in [2.45, 2.75) is 0 Å². The summed E-state index contributed by atoms with van der Waals surface area (Å²) in [6, 6.07) is 20.1. The number of amides is 1. The molecule has 5 aromatic rings. The third-order valence-corrected chi connectivity index (χ3v) is 5.11.